The Morgan fingerprint density at radius 3 is 2.86 bits per heavy atom. The average molecular weight is 344 g/mol. The van der Waals surface area contributed by atoms with E-state index >= 15 is 0 Å². The van der Waals surface area contributed by atoms with Crippen LogP contribution in [0.4, 0.5) is 0 Å². The Morgan fingerprint density at radius 2 is 2.00 bits per heavy atom. The summed E-state index contributed by atoms with van der Waals surface area (Å²) in [5.74, 6) is 0.600. The summed E-state index contributed by atoms with van der Waals surface area (Å²) in [6, 6.07) is 15.3. The maximum Gasteiger partial charge on any atom is 0.0303 e. The van der Waals surface area contributed by atoms with Crippen LogP contribution in [-0.2, 0) is 6.42 Å². The molecule has 1 nitrogen and oxygen atoms in total. The van der Waals surface area contributed by atoms with Crippen LogP contribution in [0.25, 0.3) is 0 Å². The van der Waals surface area contributed by atoms with E-state index in [0.29, 0.717) is 5.92 Å². The minimum atomic E-state index is 0.110. The molecule has 1 aliphatic carbocycles. The number of nitrogens with two attached hydrogens (primary N) is 1. The topological polar surface area (TPSA) is 26.0 Å². The molecule has 0 radical (unpaired) electrons. The van der Waals surface area contributed by atoms with E-state index in [1.807, 2.05) is 0 Å². The second-order valence-electron chi connectivity index (χ2n) is 6.08. The molecule has 0 saturated heterocycles. The van der Waals surface area contributed by atoms with Gasteiger partial charge in [-0.15, -0.1) is 0 Å². The molecule has 0 saturated carbocycles. The molecule has 0 aromatic heterocycles. The zero-order valence-corrected chi connectivity index (χ0v) is 14.1. The van der Waals surface area contributed by atoms with E-state index in [-0.39, 0.29) is 6.04 Å². The predicted molar refractivity (Wildman–Crippen MR) is 92.5 cm³/mol. The van der Waals surface area contributed by atoms with Gasteiger partial charge in [-0.1, -0.05) is 52.3 Å². The lowest BCUT2D eigenvalue weighted by Crippen LogP contribution is -2.18. The molecule has 0 heterocycles. The number of rotatable bonds is 3. The van der Waals surface area contributed by atoms with Crippen molar-refractivity contribution in [1.82, 2.24) is 0 Å². The third-order valence-electron chi connectivity index (χ3n) is 4.74. The number of fused-ring (bicyclic) bond motifs is 1. The van der Waals surface area contributed by atoms with Gasteiger partial charge in [0.25, 0.3) is 0 Å². The first-order valence-electron chi connectivity index (χ1n) is 7.75. The third-order valence-corrected chi connectivity index (χ3v) is 5.60. The van der Waals surface area contributed by atoms with E-state index in [2.05, 4.69) is 65.3 Å². The standard InChI is InChI=1S/C19H22BrN/c1-13-16(10-5-11-18(13)20)19(21)12-15-8-4-7-14-6-2-3-9-17(14)15/h2-3,5-6,9-11,15,19H,4,7-8,12,21H2,1H3. The highest BCUT2D eigenvalue weighted by molar-refractivity contribution is 9.10. The van der Waals surface area contributed by atoms with Crippen molar-refractivity contribution >= 4 is 15.9 Å². The molecule has 110 valence electrons. The number of aryl methyl sites for hydroxylation is 1. The Morgan fingerprint density at radius 1 is 1.19 bits per heavy atom. The maximum atomic E-state index is 6.53. The highest BCUT2D eigenvalue weighted by atomic mass is 79.9. The molecule has 3 rings (SSSR count). The Balaban J connectivity index is 1.83. The molecule has 21 heavy (non-hydrogen) atoms. The van der Waals surface area contributed by atoms with Gasteiger partial charge in [0.05, 0.1) is 0 Å². The molecule has 1 aliphatic rings. The fourth-order valence-corrected chi connectivity index (χ4v) is 3.94. The Labute approximate surface area is 135 Å². The van der Waals surface area contributed by atoms with Crippen molar-refractivity contribution in [2.24, 2.45) is 5.73 Å². The van der Waals surface area contributed by atoms with Gasteiger partial charge < -0.3 is 5.73 Å². The first-order valence-corrected chi connectivity index (χ1v) is 8.54. The molecular formula is C19H22BrN. The van der Waals surface area contributed by atoms with Gasteiger partial charge in [0.15, 0.2) is 0 Å². The fraction of sp³-hybridized carbons (Fsp3) is 0.368. The minimum absolute atomic E-state index is 0.110. The molecule has 2 aromatic rings. The average Bonchev–Trinajstić information content (AvgIpc) is 2.50. The highest BCUT2D eigenvalue weighted by Crippen LogP contribution is 2.38. The quantitative estimate of drug-likeness (QED) is 0.807. The van der Waals surface area contributed by atoms with Crippen LogP contribution in [0.2, 0.25) is 0 Å². The first kappa shape index (κ1) is 14.8. The van der Waals surface area contributed by atoms with Crippen LogP contribution in [0.5, 0.6) is 0 Å². The maximum absolute atomic E-state index is 6.53. The lowest BCUT2D eigenvalue weighted by molar-refractivity contribution is 0.475. The van der Waals surface area contributed by atoms with Crippen molar-refractivity contribution in [1.29, 1.82) is 0 Å². The Bertz CT molecular complexity index is 635. The molecule has 2 unspecified atom stereocenters. The number of hydrogen-bond donors (Lipinski definition) is 1. The van der Waals surface area contributed by atoms with Gasteiger partial charge >= 0.3 is 0 Å². The van der Waals surface area contributed by atoms with Crippen molar-refractivity contribution in [3.8, 4) is 0 Å². The molecule has 0 spiro atoms. The zero-order chi connectivity index (χ0) is 14.8. The zero-order valence-electron chi connectivity index (χ0n) is 12.5. The molecule has 2 atom stereocenters. The highest BCUT2D eigenvalue weighted by Gasteiger charge is 2.23. The number of hydrogen-bond acceptors (Lipinski definition) is 1. The summed E-state index contributed by atoms with van der Waals surface area (Å²) in [6.07, 6.45) is 4.80. The van der Waals surface area contributed by atoms with E-state index in [0.717, 1.165) is 10.9 Å². The second-order valence-corrected chi connectivity index (χ2v) is 6.94. The summed E-state index contributed by atoms with van der Waals surface area (Å²) in [5, 5.41) is 0. The molecule has 2 heteroatoms. The smallest absolute Gasteiger partial charge is 0.0303 e. The van der Waals surface area contributed by atoms with Crippen LogP contribution in [0.15, 0.2) is 46.9 Å². The van der Waals surface area contributed by atoms with Crippen LogP contribution >= 0.6 is 15.9 Å². The first-order chi connectivity index (χ1) is 10.2. The Kier molecular flexibility index (Phi) is 4.46. The van der Waals surface area contributed by atoms with E-state index in [9.17, 15) is 0 Å². The largest absolute Gasteiger partial charge is 0.324 e. The molecule has 2 N–H and O–H groups in total. The molecule has 0 bridgehead atoms. The van der Waals surface area contributed by atoms with Crippen molar-refractivity contribution in [2.45, 2.75) is 44.6 Å². The summed E-state index contributed by atoms with van der Waals surface area (Å²) in [5.41, 5.74) is 12.1. The van der Waals surface area contributed by atoms with Crippen LogP contribution in [0.3, 0.4) is 0 Å². The van der Waals surface area contributed by atoms with Crippen molar-refractivity contribution < 1.29 is 0 Å². The Hall–Kier alpha value is -1.12. The van der Waals surface area contributed by atoms with E-state index in [4.69, 9.17) is 5.73 Å². The van der Waals surface area contributed by atoms with Crippen LogP contribution in [0, 0.1) is 6.92 Å². The van der Waals surface area contributed by atoms with Crippen molar-refractivity contribution in [3.05, 3.63) is 69.2 Å². The minimum Gasteiger partial charge on any atom is -0.324 e. The summed E-state index contributed by atoms with van der Waals surface area (Å²) in [6.45, 7) is 2.15. The van der Waals surface area contributed by atoms with Crippen LogP contribution < -0.4 is 5.73 Å². The molecule has 2 aromatic carbocycles. The number of halogens is 1. The SMILES string of the molecule is Cc1c(Br)cccc1C(N)CC1CCCc2ccccc21. The monoisotopic (exact) mass is 343 g/mol. The summed E-state index contributed by atoms with van der Waals surface area (Å²) < 4.78 is 1.15. The summed E-state index contributed by atoms with van der Waals surface area (Å²) in [7, 11) is 0. The van der Waals surface area contributed by atoms with Crippen LogP contribution in [-0.4, -0.2) is 0 Å². The predicted octanol–water partition coefficient (Wildman–Crippen LogP) is 5.27. The van der Waals surface area contributed by atoms with Crippen molar-refractivity contribution in [2.75, 3.05) is 0 Å². The molecular weight excluding hydrogens is 322 g/mol. The lowest BCUT2D eigenvalue weighted by atomic mass is 9.78. The molecule has 0 aliphatic heterocycles. The van der Waals surface area contributed by atoms with E-state index in [1.54, 1.807) is 0 Å². The van der Waals surface area contributed by atoms with Crippen LogP contribution in [0.1, 0.15) is 53.5 Å². The van der Waals surface area contributed by atoms with Crippen molar-refractivity contribution in [3.63, 3.8) is 0 Å². The lowest BCUT2D eigenvalue weighted by Gasteiger charge is -2.28. The fourth-order valence-electron chi connectivity index (χ4n) is 3.56. The van der Waals surface area contributed by atoms with Gasteiger partial charge in [-0.3, -0.25) is 0 Å². The van der Waals surface area contributed by atoms with Gasteiger partial charge in [-0.25, -0.2) is 0 Å². The van der Waals surface area contributed by atoms with Gasteiger partial charge in [0.2, 0.25) is 0 Å². The summed E-state index contributed by atoms with van der Waals surface area (Å²) in [4.78, 5) is 0. The van der Waals surface area contributed by atoms with E-state index in [1.165, 1.54) is 41.5 Å². The summed E-state index contributed by atoms with van der Waals surface area (Å²) >= 11 is 3.61. The molecule has 0 amide bonds. The normalized spacial score (nSPS) is 19.1. The second kappa shape index (κ2) is 6.33. The van der Waals surface area contributed by atoms with Gasteiger partial charge in [-0.05, 0) is 66.8 Å². The van der Waals surface area contributed by atoms with Gasteiger partial charge in [0.1, 0.15) is 0 Å². The number of benzene rings is 2. The molecule has 0 fully saturated rings. The van der Waals surface area contributed by atoms with Gasteiger partial charge in [0, 0.05) is 10.5 Å². The van der Waals surface area contributed by atoms with Gasteiger partial charge in [-0.2, -0.15) is 0 Å². The third kappa shape index (κ3) is 3.07. The van der Waals surface area contributed by atoms with E-state index < -0.39 is 0 Å².